The van der Waals surface area contributed by atoms with Crippen molar-refractivity contribution in [3.05, 3.63) is 0 Å². The third-order valence-corrected chi connectivity index (χ3v) is 5.95. The van der Waals surface area contributed by atoms with Gasteiger partial charge >= 0.3 is 0 Å². The van der Waals surface area contributed by atoms with E-state index in [1.165, 1.54) is 32.1 Å². The summed E-state index contributed by atoms with van der Waals surface area (Å²) in [6, 6.07) is 1.49. The average Bonchev–Trinajstić information content (AvgIpc) is 2.67. The Morgan fingerprint density at radius 3 is 2.40 bits per heavy atom. The van der Waals surface area contributed by atoms with E-state index in [0.29, 0.717) is 5.92 Å². The summed E-state index contributed by atoms with van der Waals surface area (Å²) in [5, 5.41) is 3.16. The molecule has 2 heterocycles. The van der Waals surface area contributed by atoms with E-state index in [1.54, 1.807) is 0 Å². The van der Waals surface area contributed by atoms with Crippen molar-refractivity contribution in [3.8, 4) is 0 Å². The molecule has 3 aliphatic rings. The van der Waals surface area contributed by atoms with Gasteiger partial charge in [-0.2, -0.15) is 0 Å². The first-order chi connectivity index (χ1) is 9.58. The number of rotatable bonds is 3. The monoisotopic (exact) mass is 279 g/mol. The summed E-state index contributed by atoms with van der Waals surface area (Å²) < 4.78 is 0. The fourth-order valence-corrected chi connectivity index (χ4v) is 4.51. The molecule has 2 atom stereocenters. The van der Waals surface area contributed by atoms with Crippen LogP contribution < -0.4 is 11.1 Å². The number of hydrogen-bond acceptors (Lipinski definition) is 3. The maximum absolute atomic E-state index is 12.4. The standard InChI is InChI=1S/C16H29N3O/c1-19-13-5-6-14(19)10-12(9-13)11-18-15(20)16(17)7-3-2-4-8-16/h12-14H,2-11,17H2,1H3,(H,18,20). The lowest BCUT2D eigenvalue weighted by atomic mass is 9.81. The first-order valence-electron chi connectivity index (χ1n) is 8.37. The van der Waals surface area contributed by atoms with Gasteiger partial charge in [-0.15, -0.1) is 0 Å². The predicted molar refractivity (Wildman–Crippen MR) is 80.3 cm³/mol. The third-order valence-electron chi connectivity index (χ3n) is 5.95. The minimum Gasteiger partial charge on any atom is -0.354 e. The third kappa shape index (κ3) is 2.73. The van der Waals surface area contributed by atoms with Crippen LogP contribution in [0, 0.1) is 5.92 Å². The molecule has 4 nitrogen and oxygen atoms in total. The Balaban J connectivity index is 1.49. The number of carbonyl (C=O) groups is 1. The summed E-state index contributed by atoms with van der Waals surface area (Å²) in [6.07, 6.45) is 10.3. The zero-order valence-electron chi connectivity index (χ0n) is 12.7. The van der Waals surface area contributed by atoms with Gasteiger partial charge in [-0.3, -0.25) is 4.79 Å². The molecule has 3 rings (SSSR count). The molecule has 4 heteroatoms. The molecule has 1 saturated carbocycles. The van der Waals surface area contributed by atoms with Gasteiger partial charge in [0.1, 0.15) is 0 Å². The van der Waals surface area contributed by atoms with E-state index in [-0.39, 0.29) is 5.91 Å². The summed E-state index contributed by atoms with van der Waals surface area (Å²) in [5.41, 5.74) is 5.71. The van der Waals surface area contributed by atoms with E-state index >= 15 is 0 Å². The van der Waals surface area contributed by atoms with Crippen LogP contribution in [0.3, 0.4) is 0 Å². The van der Waals surface area contributed by atoms with Crippen LogP contribution >= 0.6 is 0 Å². The molecule has 114 valence electrons. The Hall–Kier alpha value is -0.610. The van der Waals surface area contributed by atoms with Gasteiger partial charge in [0, 0.05) is 18.6 Å². The Morgan fingerprint density at radius 2 is 1.80 bits per heavy atom. The number of nitrogens with two attached hydrogens (primary N) is 1. The fraction of sp³-hybridized carbons (Fsp3) is 0.938. The number of hydrogen-bond donors (Lipinski definition) is 2. The Kier molecular flexibility index (Phi) is 4.04. The second kappa shape index (κ2) is 5.64. The smallest absolute Gasteiger partial charge is 0.240 e. The van der Waals surface area contributed by atoms with E-state index < -0.39 is 5.54 Å². The van der Waals surface area contributed by atoms with E-state index in [0.717, 1.165) is 44.3 Å². The van der Waals surface area contributed by atoms with Crippen molar-refractivity contribution >= 4 is 5.91 Å². The zero-order chi connectivity index (χ0) is 14.2. The van der Waals surface area contributed by atoms with Crippen molar-refractivity contribution < 1.29 is 4.79 Å². The van der Waals surface area contributed by atoms with Crippen LogP contribution in [0.2, 0.25) is 0 Å². The molecule has 20 heavy (non-hydrogen) atoms. The van der Waals surface area contributed by atoms with E-state index in [4.69, 9.17) is 5.73 Å². The van der Waals surface area contributed by atoms with Crippen molar-refractivity contribution in [1.29, 1.82) is 0 Å². The van der Waals surface area contributed by atoms with Crippen LogP contribution in [0.1, 0.15) is 57.8 Å². The molecular formula is C16H29N3O. The van der Waals surface area contributed by atoms with Crippen molar-refractivity contribution in [2.75, 3.05) is 13.6 Å². The average molecular weight is 279 g/mol. The quantitative estimate of drug-likeness (QED) is 0.825. The van der Waals surface area contributed by atoms with E-state index in [1.807, 2.05) is 0 Å². The normalized spacial score (nSPS) is 36.8. The van der Waals surface area contributed by atoms with Gasteiger partial charge in [0.05, 0.1) is 5.54 Å². The van der Waals surface area contributed by atoms with Crippen molar-refractivity contribution in [3.63, 3.8) is 0 Å². The summed E-state index contributed by atoms with van der Waals surface area (Å²) in [5.74, 6) is 0.753. The van der Waals surface area contributed by atoms with Gasteiger partial charge in [0.15, 0.2) is 0 Å². The number of piperidine rings is 1. The lowest BCUT2D eigenvalue weighted by Gasteiger charge is -2.37. The van der Waals surface area contributed by atoms with Gasteiger partial charge in [0.25, 0.3) is 0 Å². The molecule has 2 bridgehead atoms. The Bertz CT molecular complexity index is 351. The molecular weight excluding hydrogens is 250 g/mol. The molecule has 3 N–H and O–H groups in total. The van der Waals surface area contributed by atoms with Gasteiger partial charge in [-0.1, -0.05) is 19.3 Å². The molecule has 3 fully saturated rings. The molecule has 0 aromatic carbocycles. The lowest BCUT2D eigenvalue weighted by molar-refractivity contribution is -0.127. The van der Waals surface area contributed by atoms with Gasteiger partial charge < -0.3 is 16.0 Å². The van der Waals surface area contributed by atoms with Crippen LogP contribution in [0.25, 0.3) is 0 Å². The fourth-order valence-electron chi connectivity index (χ4n) is 4.51. The highest BCUT2D eigenvalue weighted by Gasteiger charge is 2.39. The van der Waals surface area contributed by atoms with E-state index in [2.05, 4.69) is 17.3 Å². The van der Waals surface area contributed by atoms with Crippen LogP contribution in [-0.4, -0.2) is 42.0 Å². The second-order valence-corrected chi connectivity index (χ2v) is 7.31. The van der Waals surface area contributed by atoms with Crippen molar-refractivity contribution in [2.45, 2.75) is 75.4 Å². The summed E-state index contributed by atoms with van der Waals surface area (Å²) in [4.78, 5) is 14.9. The molecule has 2 aliphatic heterocycles. The van der Waals surface area contributed by atoms with Gasteiger partial charge in [0.2, 0.25) is 5.91 Å². The summed E-state index contributed by atoms with van der Waals surface area (Å²) in [6.45, 7) is 0.832. The molecule has 2 saturated heterocycles. The SMILES string of the molecule is CN1C2CCC1CC(CNC(=O)C1(N)CCCCC1)C2. The number of fused-ring (bicyclic) bond motifs is 2. The van der Waals surface area contributed by atoms with Crippen LogP contribution in [0.4, 0.5) is 0 Å². The topological polar surface area (TPSA) is 58.4 Å². The molecule has 0 spiro atoms. The zero-order valence-corrected chi connectivity index (χ0v) is 12.7. The number of nitrogens with one attached hydrogen (secondary N) is 1. The van der Waals surface area contributed by atoms with Crippen LogP contribution in [0.5, 0.6) is 0 Å². The van der Waals surface area contributed by atoms with Gasteiger partial charge in [-0.25, -0.2) is 0 Å². The maximum atomic E-state index is 12.4. The highest BCUT2D eigenvalue weighted by Crippen LogP contribution is 2.37. The van der Waals surface area contributed by atoms with Gasteiger partial charge in [-0.05, 0) is 51.5 Å². The lowest BCUT2D eigenvalue weighted by Crippen LogP contribution is -2.56. The molecule has 1 aliphatic carbocycles. The minimum absolute atomic E-state index is 0.100. The highest BCUT2D eigenvalue weighted by molar-refractivity contribution is 5.86. The summed E-state index contributed by atoms with van der Waals surface area (Å²) >= 11 is 0. The van der Waals surface area contributed by atoms with E-state index in [9.17, 15) is 4.79 Å². The molecule has 0 radical (unpaired) electrons. The largest absolute Gasteiger partial charge is 0.354 e. The minimum atomic E-state index is -0.581. The summed E-state index contributed by atoms with van der Waals surface area (Å²) in [7, 11) is 2.26. The van der Waals surface area contributed by atoms with Crippen molar-refractivity contribution in [1.82, 2.24) is 10.2 Å². The van der Waals surface area contributed by atoms with Crippen molar-refractivity contribution in [2.24, 2.45) is 11.7 Å². The molecule has 0 aromatic rings. The Morgan fingerprint density at radius 1 is 1.20 bits per heavy atom. The molecule has 1 amide bonds. The second-order valence-electron chi connectivity index (χ2n) is 7.31. The number of carbonyl (C=O) groups excluding carboxylic acids is 1. The predicted octanol–water partition coefficient (Wildman–Crippen LogP) is 1.64. The van der Waals surface area contributed by atoms with Crippen LogP contribution in [-0.2, 0) is 4.79 Å². The van der Waals surface area contributed by atoms with Crippen LogP contribution in [0.15, 0.2) is 0 Å². The molecule has 0 aromatic heterocycles. The first kappa shape index (κ1) is 14.3. The number of nitrogens with zero attached hydrogens (tertiary/aromatic N) is 1. The first-order valence-corrected chi connectivity index (χ1v) is 8.37. The number of amides is 1. The highest BCUT2D eigenvalue weighted by atomic mass is 16.2. The Labute approximate surface area is 122 Å². The maximum Gasteiger partial charge on any atom is 0.240 e. The molecule has 2 unspecified atom stereocenters.